The van der Waals surface area contributed by atoms with Gasteiger partial charge in [-0.05, 0) is 17.9 Å². The molecule has 1 aliphatic heterocycles. The maximum atomic E-state index is 12.1. The monoisotopic (exact) mass is 306 g/mol. The summed E-state index contributed by atoms with van der Waals surface area (Å²) in [6, 6.07) is -1.06. The van der Waals surface area contributed by atoms with Crippen molar-refractivity contribution in [2.75, 3.05) is 6.61 Å². The number of aryl methyl sites for hydroxylation is 1. The molecule has 1 aliphatic rings. The molecule has 0 spiro atoms. The van der Waals surface area contributed by atoms with Crippen molar-refractivity contribution in [2.45, 2.75) is 17.9 Å². The molecule has 19 heavy (non-hydrogen) atoms. The summed E-state index contributed by atoms with van der Waals surface area (Å²) >= 11 is 0.819. The Hall–Kier alpha value is -1.49. The second-order valence-electron chi connectivity index (χ2n) is 3.83. The van der Waals surface area contributed by atoms with E-state index in [0.717, 1.165) is 11.3 Å². The van der Waals surface area contributed by atoms with Crippen LogP contribution in [-0.4, -0.2) is 38.0 Å². The van der Waals surface area contributed by atoms with E-state index in [1.165, 1.54) is 12.3 Å². The molecule has 2 rings (SSSR count). The van der Waals surface area contributed by atoms with Gasteiger partial charge in [0.25, 0.3) is 5.91 Å². The highest BCUT2D eigenvalue weighted by Gasteiger charge is 2.34. The standard InChI is InChI=1S/C9H10N2O6S2/c1-4-3-18-6(9(13)14)7(4)19(15,16)11-5-2-17-10-8(5)12/h3,5,11H,2H2,1H3,(H,10,12)(H,13,14)/t5-/m1/s1. The molecule has 8 nitrogen and oxygen atoms in total. The fourth-order valence-corrected chi connectivity index (χ4v) is 4.40. The van der Waals surface area contributed by atoms with Crippen molar-refractivity contribution in [3.63, 3.8) is 0 Å². The summed E-state index contributed by atoms with van der Waals surface area (Å²) in [5.41, 5.74) is 2.32. The summed E-state index contributed by atoms with van der Waals surface area (Å²) in [7, 11) is -4.10. The van der Waals surface area contributed by atoms with Crippen molar-refractivity contribution in [1.82, 2.24) is 10.2 Å². The van der Waals surface area contributed by atoms with Crippen LogP contribution in [0.15, 0.2) is 10.3 Å². The molecule has 104 valence electrons. The first-order chi connectivity index (χ1) is 8.83. The first-order valence-electron chi connectivity index (χ1n) is 5.08. The quantitative estimate of drug-likeness (QED) is 0.687. The zero-order chi connectivity index (χ0) is 14.2. The average molecular weight is 306 g/mol. The van der Waals surface area contributed by atoms with Crippen LogP contribution in [0.3, 0.4) is 0 Å². The van der Waals surface area contributed by atoms with Gasteiger partial charge in [0.15, 0.2) is 0 Å². The van der Waals surface area contributed by atoms with Crippen LogP contribution >= 0.6 is 11.3 Å². The third-order valence-corrected chi connectivity index (χ3v) is 5.29. The Morgan fingerprint density at radius 2 is 2.32 bits per heavy atom. The summed E-state index contributed by atoms with van der Waals surface area (Å²) in [4.78, 5) is 26.2. The average Bonchev–Trinajstić information content (AvgIpc) is 2.86. The van der Waals surface area contributed by atoms with Gasteiger partial charge < -0.3 is 5.11 Å². The minimum Gasteiger partial charge on any atom is -0.477 e. The summed E-state index contributed by atoms with van der Waals surface area (Å²) in [6.45, 7) is 1.34. The number of hydroxylamine groups is 1. The summed E-state index contributed by atoms with van der Waals surface area (Å²) in [5, 5.41) is 10.4. The highest BCUT2D eigenvalue weighted by molar-refractivity contribution is 7.89. The lowest BCUT2D eigenvalue weighted by Gasteiger charge is -2.10. The summed E-state index contributed by atoms with van der Waals surface area (Å²) in [6.07, 6.45) is 0. The van der Waals surface area contributed by atoms with Crippen molar-refractivity contribution < 1.29 is 28.0 Å². The number of nitrogens with one attached hydrogen (secondary N) is 2. The van der Waals surface area contributed by atoms with Crippen LogP contribution in [0, 0.1) is 6.92 Å². The van der Waals surface area contributed by atoms with E-state index in [2.05, 4.69) is 9.56 Å². The molecule has 1 amide bonds. The lowest BCUT2D eigenvalue weighted by molar-refractivity contribution is -0.124. The van der Waals surface area contributed by atoms with Crippen molar-refractivity contribution in [3.05, 3.63) is 15.8 Å². The lowest BCUT2D eigenvalue weighted by Crippen LogP contribution is -2.42. The predicted octanol–water partition coefficient (Wildman–Crippen LogP) is -0.537. The van der Waals surface area contributed by atoms with Crippen molar-refractivity contribution in [2.24, 2.45) is 0 Å². The van der Waals surface area contributed by atoms with Gasteiger partial charge in [0.05, 0.1) is 0 Å². The van der Waals surface area contributed by atoms with Gasteiger partial charge in [-0.25, -0.2) is 18.7 Å². The SMILES string of the molecule is Cc1csc(C(=O)O)c1S(=O)(=O)N[C@@H]1CONC1=O. The van der Waals surface area contributed by atoms with E-state index in [4.69, 9.17) is 5.11 Å². The number of hydrogen-bond donors (Lipinski definition) is 3. The first-order valence-corrected chi connectivity index (χ1v) is 7.44. The van der Waals surface area contributed by atoms with Crippen LogP contribution in [0.1, 0.15) is 15.2 Å². The zero-order valence-electron chi connectivity index (χ0n) is 9.67. The molecule has 1 aromatic rings. The highest BCUT2D eigenvalue weighted by atomic mass is 32.2. The molecule has 0 aliphatic carbocycles. The molecule has 0 radical (unpaired) electrons. The first kappa shape index (κ1) is 13.9. The summed E-state index contributed by atoms with van der Waals surface area (Å²) < 4.78 is 26.4. The van der Waals surface area contributed by atoms with E-state index >= 15 is 0 Å². The van der Waals surface area contributed by atoms with E-state index in [9.17, 15) is 18.0 Å². The molecule has 1 aromatic heterocycles. The van der Waals surface area contributed by atoms with Gasteiger partial charge in [0.2, 0.25) is 10.0 Å². The lowest BCUT2D eigenvalue weighted by atomic mass is 10.3. The van der Waals surface area contributed by atoms with E-state index < -0.39 is 27.9 Å². The number of hydrogen-bond acceptors (Lipinski definition) is 6. The molecule has 0 aromatic carbocycles. The Morgan fingerprint density at radius 1 is 1.63 bits per heavy atom. The smallest absolute Gasteiger partial charge is 0.347 e. The molecular weight excluding hydrogens is 296 g/mol. The maximum Gasteiger partial charge on any atom is 0.347 e. The number of carboxylic acids is 1. The molecule has 3 N–H and O–H groups in total. The van der Waals surface area contributed by atoms with Crippen LogP contribution in [0.2, 0.25) is 0 Å². The minimum atomic E-state index is -4.10. The second kappa shape index (κ2) is 4.89. The molecule has 0 saturated carbocycles. The number of rotatable bonds is 4. The van der Waals surface area contributed by atoms with Gasteiger partial charge >= 0.3 is 5.97 Å². The molecule has 2 heterocycles. The van der Waals surface area contributed by atoms with E-state index in [0.29, 0.717) is 5.56 Å². The number of aromatic carboxylic acids is 1. The zero-order valence-corrected chi connectivity index (χ0v) is 11.3. The van der Waals surface area contributed by atoms with Gasteiger partial charge in [-0.15, -0.1) is 11.3 Å². The Balaban J connectivity index is 2.37. The number of thiophene rings is 1. The van der Waals surface area contributed by atoms with Crippen molar-refractivity contribution in [3.8, 4) is 0 Å². The predicted molar refractivity (Wildman–Crippen MR) is 64.2 cm³/mol. The van der Waals surface area contributed by atoms with Crippen LogP contribution < -0.4 is 10.2 Å². The number of amides is 1. The van der Waals surface area contributed by atoms with Gasteiger partial charge in [-0.2, -0.15) is 4.72 Å². The molecule has 0 unspecified atom stereocenters. The van der Waals surface area contributed by atoms with E-state index in [-0.39, 0.29) is 16.4 Å². The summed E-state index contributed by atoms with van der Waals surface area (Å²) in [5.74, 6) is -1.95. The van der Waals surface area contributed by atoms with Gasteiger partial charge in [0, 0.05) is 0 Å². The number of sulfonamides is 1. The third kappa shape index (κ3) is 2.61. The van der Waals surface area contributed by atoms with Crippen molar-refractivity contribution >= 4 is 33.2 Å². The second-order valence-corrected chi connectivity index (χ2v) is 6.36. The molecule has 1 saturated heterocycles. The van der Waals surface area contributed by atoms with Crippen LogP contribution in [0.5, 0.6) is 0 Å². The van der Waals surface area contributed by atoms with Gasteiger partial charge in [-0.1, -0.05) is 0 Å². The van der Waals surface area contributed by atoms with E-state index in [1.807, 2.05) is 5.48 Å². The Labute approximate surface area is 112 Å². The number of carbonyl (C=O) groups is 2. The Kier molecular flexibility index (Phi) is 3.58. The molecular formula is C9H10N2O6S2. The highest BCUT2D eigenvalue weighted by Crippen LogP contribution is 2.27. The van der Waals surface area contributed by atoms with Crippen LogP contribution in [0.4, 0.5) is 0 Å². The topological polar surface area (TPSA) is 122 Å². The molecule has 1 atom stereocenters. The van der Waals surface area contributed by atoms with Gasteiger partial charge in [0.1, 0.15) is 22.4 Å². The van der Waals surface area contributed by atoms with Crippen molar-refractivity contribution in [1.29, 1.82) is 0 Å². The third-order valence-electron chi connectivity index (χ3n) is 2.42. The normalized spacial score (nSPS) is 19.4. The van der Waals surface area contributed by atoms with E-state index in [1.54, 1.807) is 0 Å². The Bertz CT molecular complexity index is 635. The minimum absolute atomic E-state index is 0.149. The fourth-order valence-electron chi connectivity index (χ4n) is 1.59. The molecule has 1 fully saturated rings. The molecule has 10 heteroatoms. The fraction of sp³-hybridized carbons (Fsp3) is 0.333. The molecule has 0 bridgehead atoms. The number of carboxylic acid groups (broad SMARTS) is 1. The van der Waals surface area contributed by atoms with Crippen LogP contribution in [-0.2, 0) is 19.7 Å². The largest absolute Gasteiger partial charge is 0.477 e. The Morgan fingerprint density at radius 3 is 2.84 bits per heavy atom. The maximum absolute atomic E-state index is 12.1. The van der Waals surface area contributed by atoms with Gasteiger partial charge in [-0.3, -0.25) is 9.63 Å². The number of carbonyl (C=O) groups excluding carboxylic acids is 1. The van der Waals surface area contributed by atoms with Crippen LogP contribution in [0.25, 0.3) is 0 Å².